The SMILES string of the molecule is Cn1/c(=N\NC(=O)c2n[nH]c3ccccc23)sc2ccccc21. The fraction of sp³-hybridized carbons (Fsp3) is 0.0625. The third-order valence-corrected chi connectivity index (χ3v) is 4.77. The Kier molecular flexibility index (Phi) is 3.20. The topological polar surface area (TPSA) is 75.1 Å². The van der Waals surface area contributed by atoms with E-state index in [4.69, 9.17) is 0 Å². The molecule has 0 fully saturated rings. The van der Waals surface area contributed by atoms with Crippen molar-refractivity contribution in [2.24, 2.45) is 12.1 Å². The molecule has 0 atom stereocenters. The Hall–Kier alpha value is -2.93. The number of para-hydroxylation sites is 2. The third-order valence-electron chi connectivity index (χ3n) is 3.65. The van der Waals surface area contributed by atoms with Crippen molar-refractivity contribution in [1.82, 2.24) is 20.2 Å². The van der Waals surface area contributed by atoms with Gasteiger partial charge in [0.2, 0.25) is 4.80 Å². The number of carbonyl (C=O) groups excluding carboxylic acids is 1. The summed E-state index contributed by atoms with van der Waals surface area (Å²) in [7, 11) is 1.92. The second-order valence-electron chi connectivity index (χ2n) is 5.08. The molecule has 2 aromatic carbocycles. The number of hydrogen-bond donors (Lipinski definition) is 2. The highest BCUT2D eigenvalue weighted by atomic mass is 32.1. The van der Waals surface area contributed by atoms with Crippen LogP contribution in [0.2, 0.25) is 0 Å². The van der Waals surface area contributed by atoms with Gasteiger partial charge in [0.05, 0.1) is 15.7 Å². The number of benzene rings is 2. The number of carbonyl (C=O) groups is 1. The van der Waals surface area contributed by atoms with E-state index >= 15 is 0 Å². The van der Waals surface area contributed by atoms with Gasteiger partial charge in [-0.25, -0.2) is 5.43 Å². The Bertz CT molecular complexity index is 1090. The molecule has 0 saturated heterocycles. The second-order valence-corrected chi connectivity index (χ2v) is 6.09. The van der Waals surface area contributed by atoms with Crippen molar-refractivity contribution in [3.05, 3.63) is 59.0 Å². The molecule has 0 bridgehead atoms. The van der Waals surface area contributed by atoms with Crippen LogP contribution in [0.3, 0.4) is 0 Å². The number of nitrogens with zero attached hydrogens (tertiary/aromatic N) is 3. The Balaban J connectivity index is 1.69. The molecule has 6 nitrogen and oxygen atoms in total. The lowest BCUT2D eigenvalue weighted by molar-refractivity contribution is 0.0949. The van der Waals surface area contributed by atoms with Crippen LogP contribution < -0.4 is 10.2 Å². The number of aryl methyl sites for hydroxylation is 1. The van der Waals surface area contributed by atoms with E-state index in [9.17, 15) is 4.79 Å². The number of aromatic amines is 1. The van der Waals surface area contributed by atoms with Crippen LogP contribution in [0.25, 0.3) is 21.1 Å². The third kappa shape index (κ3) is 2.31. The predicted octanol–water partition coefficient (Wildman–Crippen LogP) is 2.36. The van der Waals surface area contributed by atoms with Gasteiger partial charge in [-0.2, -0.15) is 5.10 Å². The van der Waals surface area contributed by atoms with Crippen LogP contribution in [0.15, 0.2) is 53.6 Å². The Morgan fingerprint density at radius 1 is 1.22 bits per heavy atom. The second kappa shape index (κ2) is 5.36. The van der Waals surface area contributed by atoms with Crippen molar-refractivity contribution in [3.8, 4) is 0 Å². The van der Waals surface area contributed by atoms with E-state index in [0.717, 1.165) is 25.9 Å². The van der Waals surface area contributed by atoms with Gasteiger partial charge in [0.15, 0.2) is 5.69 Å². The van der Waals surface area contributed by atoms with Crippen LogP contribution in [-0.4, -0.2) is 20.7 Å². The first kappa shape index (κ1) is 13.7. The van der Waals surface area contributed by atoms with E-state index in [1.54, 1.807) is 0 Å². The number of hydrogen-bond acceptors (Lipinski definition) is 4. The normalized spacial score (nSPS) is 12.1. The zero-order valence-corrected chi connectivity index (χ0v) is 13.1. The van der Waals surface area contributed by atoms with Crippen molar-refractivity contribution >= 4 is 38.4 Å². The first-order valence-electron chi connectivity index (χ1n) is 7.06. The molecular weight excluding hydrogens is 310 g/mol. The number of fused-ring (bicyclic) bond motifs is 2. The lowest BCUT2D eigenvalue weighted by Gasteiger charge is -1.97. The minimum atomic E-state index is -0.333. The standard InChI is InChI=1S/C16H13N5OS/c1-21-12-8-4-5-9-13(12)23-16(21)20-19-15(22)14-10-6-2-3-7-11(10)17-18-14/h2-9H,1H3,(H,17,18)(H,19,22)/b20-16+. The monoisotopic (exact) mass is 323 g/mol. The molecule has 0 saturated carbocycles. The number of rotatable bonds is 2. The highest BCUT2D eigenvalue weighted by Crippen LogP contribution is 2.16. The maximum absolute atomic E-state index is 12.3. The number of amides is 1. The lowest BCUT2D eigenvalue weighted by Crippen LogP contribution is -2.23. The van der Waals surface area contributed by atoms with Crippen molar-refractivity contribution < 1.29 is 4.79 Å². The van der Waals surface area contributed by atoms with Crippen molar-refractivity contribution in [1.29, 1.82) is 0 Å². The molecular formula is C16H13N5OS. The number of thiazole rings is 1. The predicted molar refractivity (Wildman–Crippen MR) is 89.9 cm³/mol. The molecule has 4 aromatic rings. The van der Waals surface area contributed by atoms with Gasteiger partial charge in [-0.1, -0.05) is 41.7 Å². The number of H-pyrrole nitrogens is 1. The molecule has 0 aliphatic rings. The highest BCUT2D eigenvalue weighted by molar-refractivity contribution is 7.16. The van der Waals surface area contributed by atoms with E-state index in [1.807, 2.05) is 60.1 Å². The van der Waals surface area contributed by atoms with Crippen LogP contribution in [-0.2, 0) is 7.05 Å². The lowest BCUT2D eigenvalue weighted by atomic mass is 10.2. The first-order valence-corrected chi connectivity index (χ1v) is 7.87. The zero-order chi connectivity index (χ0) is 15.8. The van der Waals surface area contributed by atoms with Crippen molar-refractivity contribution in [2.75, 3.05) is 0 Å². The number of aromatic nitrogens is 3. The van der Waals surface area contributed by atoms with Crippen LogP contribution >= 0.6 is 11.3 Å². The van der Waals surface area contributed by atoms with E-state index < -0.39 is 0 Å². The molecule has 0 spiro atoms. The average Bonchev–Trinajstić information content (AvgIpc) is 3.15. The molecule has 0 unspecified atom stereocenters. The van der Waals surface area contributed by atoms with Crippen LogP contribution in [0.5, 0.6) is 0 Å². The zero-order valence-electron chi connectivity index (χ0n) is 12.3. The van der Waals surface area contributed by atoms with E-state index in [0.29, 0.717) is 5.69 Å². The highest BCUT2D eigenvalue weighted by Gasteiger charge is 2.13. The molecule has 2 aromatic heterocycles. The number of nitrogens with one attached hydrogen (secondary N) is 2. The molecule has 0 radical (unpaired) electrons. The maximum Gasteiger partial charge on any atom is 0.292 e. The van der Waals surface area contributed by atoms with Crippen LogP contribution in [0.4, 0.5) is 0 Å². The van der Waals surface area contributed by atoms with Gasteiger partial charge in [0.25, 0.3) is 5.91 Å². The summed E-state index contributed by atoms with van der Waals surface area (Å²) in [6, 6.07) is 15.5. The molecule has 114 valence electrons. The summed E-state index contributed by atoms with van der Waals surface area (Å²) >= 11 is 1.52. The van der Waals surface area contributed by atoms with Gasteiger partial charge >= 0.3 is 0 Å². The van der Waals surface area contributed by atoms with E-state index in [-0.39, 0.29) is 5.91 Å². The van der Waals surface area contributed by atoms with Crippen molar-refractivity contribution in [2.45, 2.75) is 0 Å². The summed E-state index contributed by atoms with van der Waals surface area (Å²) in [5.41, 5.74) is 4.83. The summed E-state index contributed by atoms with van der Waals surface area (Å²) in [5, 5.41) is 11.9. The maximum atomic E-state index is 12.3. The summed E-state index contributed by atoms with van der Waals surface area (Å²) in [5.74, 6) is -0.333. The van der Waals surface area contributed by atoms with Crippen molar-refractivity contribution in [3.63, 3.8) is 0 Å². The van der Waals surface area contributed by atoms with Gasteiger partial charge in [-0.3, -0.25) is 9.89 Å². The molecule has 0 aliphatic carbocycles. The van der Waals surface area contributed by atoms with Crippen LogP contribution in [0, 0.1) is 0 Å². The molecule has 2 N–H and O–H groups in total. The minimum Gasteiger partial charge on any atom is -0.318 e. The van der Waals surface area contributed by atoms with Gasteiger partial charge < -0.3 is 4.57 Å². The van der Waals surface area contributed by atoms with E-state index in [2.05, 4.69) is 20.7 Å². The summed E-state index contributed by atoms with van der Waals surface area (Å²) in [6.45, 7) is 0. The molecule has 0 aliphatic heterocycles. The average molecular weight is 323 g/mol. The quantitative estimate of drug-likeness (QED) is 0.556. The fourth-order valence-corrected chi connectivity index (χ4v) is 3.46. The van der Waals surface area contributed by atoms with Gasteiger partial charge in [-0.15, -0.1) is 5.10 Å². The van der Waals surface area contributed by atoms with Crippen LogP contribution in [0.1, 0.15) is 10.5 Å². The minimum absolute atomic E-state index is 0.333. The molecule has 23 heavy (non-hydrogen) atoms. The summed E-state index contributed by atoms with van der Waals surface area (Å²) in [6.07, 6.45) is 0. The Morgan fingerprint density at radius 2 is 2.00 bits per heavy atom. The fourth-order valence-electron chi connectivity index (χ4n) is 2.48. The molecule has 1 amide bonds. The Labute approximate surface area is 135 Å². The first-order chi connectivity index (χ1) is 11.2. The Morgan fingerprint density at radius 3 is 2.87 bits per heavy atom. The van der Waals surface area contributed by atoms with Gasteiger partial charge in [-0.05, 0) is 18.2 Å². The summed E-state index contributed by atoms with van der Waals surface area (Å²) in [4.78, 5) is 13.0. The van der Waals surface area contributed by atoms with Gasteiger partial charge in [0.1, 0.15) is 0 Å². The molecule has 4 rings (SSSR count). The summed E-state index contributed by atoms with van der Waals surface area (Å²) < 4.78 is 3.07. The smallest absolute Gasteiger partial charge is 0.292 e. The molecule has 7 heteroatoms. The van der Waals surface area contributed by atoms with Gasteiger partial charge in [0, 0.05) is 12.4 Å². The molecule has 2 heterocycles. The van der Waals surface area contributed by atoms with E-state index in [1.165, 1.54) is 11.3 Å². The largest absolute Gasteiger partial charge is 0.318 e.